The molecule has 0 aliphatic carbocycles. The Morgan fingerprint density at radius 3 is 2.79 bits per heavy atom. The van der Waals surface area contributed by atoms with E-state index in [0.29, 0.717) is 39.9 Å². The number of hydrogen-bond donors (Lipinski definition) is 5. The third kappa shape index (κ3) is 7.09. The Balaban J connectivity index is 1.35. The van der Waals surface area contributed by atoms with Gasteiger partial charge in [0.25, 0.3) is 0 Å². The van der Waals surface area contributed by atoms with Crippen molar-refractivity contribution in [1.82, 2.24) is 25.2 Å². The van der Waals surface area contributed by atoms with Crippen LogP contribution < -0.4 is 22.1 Å². The van der Waals surface area contributed by atoms with Crippen LogP contribution in [0.1, 0.15) is 69.5 Å². The van der Waals surface area contributed by atoms with Crippen molar-refractivity contribution in [2.75, 3.05) is 6.54 Å². The highest BCUT2D eigenvalue weighted by Crippen LogP contribution is 2.32. The van der Waals surface area contributed by atoms with E-state index in [2.05, 4.69) is 32.7 Å². The summed E-state index contributed by atoms with van der Waals surface area (Å²) in [4.78, 5) is 20.4. The van der Waals surface area contributed by atoms with E-state index in [-0.39, 0.29) is 17.1 Å². The van der Waals surface area contributed by atoms with Crippen LogP contribution in [0.25, 0.3) is 28.0 Å². The minimum absolute atomic E-state index is 0.0616. The summed E-state index contributed by atoms with van der Waals surface area (Å²) in [5, 5.41) is 15.1. The molecule has 10 heteroatoms. The summed E-state index contributed by atoms with van der Waals surface area (Å²) >= 11 is 6.25. The number of aryl methyl sites for hydroxylation is 1. The highest BCUT2D eigenvalue weighted by molar-refractivity contribution is 6.31. The fourth-order valence-corrected chi connectivity index (χ4v) is 5.99. The molecule has 1 aliphatic rings. The fourth-order valence-electron chi connectivity index (χ4n) is 5.75. The van der Waals surface area contributed by atoms with Gasteiger partial charge in [-0.1, -0.05) is 30.2 Å². The van der Waals surface area contributed by atoms with Crippen molar-refractivity contribution < 1.29 is 4.39 Å². The van der Waals surface area contributed by atoms with E-state index in [4.69, 9.17) is 22.7 Å². The first-order valence-electron chi connectivity index (χ1n) is 14.7. The zero-order chi connectivity index (χ0) is 29.8. The molecule has 4 aromatic rings. The maximum absolute atomic E-state index is 15.1. The Kier molecular flexibility index (Phi) is 9.40. The first-order chi connectivity index (χ1) is 20.2. The monoisotopic (exact) mass is 591 g/mol. The maximum Gasteiger partial charge on any atom is 0.354 e. The Morgan fingerprint density at radius 2 is 2.05 bits per heavy atom. The van der Waals surface area contributed by atoms with Gasteiger partial charge < -0.3 is 21.4 Å². The average molecular weight is 592 g/mol. The fraction of sp³-hybridized carbons (Fsp3) is 0.406. The molecule has 3 heterocycles. The molecule has 2 aromatic carbocycles. The number of halogens is 2. The van der Waals surface area contributed by atoms with Crippen molar-refractivity contribution in [3.8, 4) is 16.9 Å². The molecular formula is C32H39ClFN7O. The summed E-state index contributed by atoms with van der Waals surface area (Å²) < 4.78 is 16.6. The molecule has 0 radical (unpaired) electrons. The number of benzene rings is 2. The van der Waals surface area contributed by atoms with Crippen molar-refractivity contribution in [2.24, 2.45) is 5.73 Å². The first kappa shape index (κ1) is 29.9. The topological polar surface area (TPSA) is 125 Å². The van der Waals surface area contributed by atoms with Crippen molar-refractivity contribution >= 4 is 28.5 Å². The third-order valence-corrected chi connectivity index (χ3v) is 8.23. The van der Waals surface area contributed by atoms with E-state index in [1.165, 1.54) is 10.1 Å². The number of piperidine rings is 1. The van der Waals surface area contributed by atoms with Crippen molar-refractivity contribution in [3.05, 3.63) is 81.1 Å². The molecule has 8 nitrogen and oxygen atoms in total. The van der Waals surface area contributed by atoms with Gasteiger partial charge in [0.2, 0.25) is 0 Å². The largest absolute Gasteiger partial charge is 0.374 e. The number of nitrogens with zero attached hydrogens (tertiary/aromatic N) is 2. The molecule has 0 saturated carbocycles. The molecule has 2 aromatic heterocycles. The van der Waals surface area contributed by atoms with Gasteiger partial charge in [-0.15, -0.1) is 0 Å². The molecule has 5 rings (SSSR count). The summed E-state index contributed by atoms with van der Waals surface area (Å²) in [6.07, 6.45) is 8.53. The number of amidine groups is 1. The second-order valence-corrected chi connectivity index (χ2v) is 11.9. The molecule has 0 spiro atoms. The number of aromatic nitrogens is 3. The van der Waals surface area contributed by atoms with Gasteiger partial charge in [0.1, 0.15) is 5.65 Å². The van der Waals surface area contributed by atoms with Crippen LogP contribution in [0.2, 0.25) is 5.02 Å². The zero-order valence-electron chi connectivity index (χ0n) is 24.1. The zero-order valence-corrected chi connectivity index (χ0v) is 24.9. The normalized spacial score (nSPS) is 17.8. The van der Waals surface area contributed by atoms with Crippen LogP contribution in [0.3, 0.4) is 0 Å². The van der Waals surface area contributed by atoms with E-state index in [9.17, 15) is 4.79 Å². The van der Waals surface area contributed by atoms with Gasteiger partial charge in [-0.2, -0.15) is 4.98 Å². The average Bonchev–Trinajstić information content (AvgIpc) is 3.37. The quantitative estimate of drug-likeness (QED) is 0.114. The summed E-state index contributed by atoms with van der Waals surface area (Å²) in [7, 11) is 0. The lowest BCUT2D eigenvalue weighted by Crippen LogP contribution is -2.39. The number of aromatic amines is 1. The van der Waals surface area contributed by atoms with Crippen LogP contribution in [0.5, 0.6) is 0 Å². The molecule has 0 bridgehead atoms. The van der Waals surface area contributed by atoms with Gasteiger partial charge in [0, 0.05) is 41.8 Å². The Hall–Kier alpha value is -3.53. The van der Waals surface area contributed by atoms with Crippen LogP contribution in [0.4, 0.5) is 4.39 Å². The predicted molar refractivity (Wildman–Crippen MR) is 168 cm³/mol. The Bertz CT molecular complexity index is 1610. The van der Waals surface area contributed by atoms with Crippen LogP contribution >= 0.6 is 11.6 Å². The summed E-state index contributed by atoms with van der Waals surface area (Å²) in [6, 6.07) is 14.0. The Morgan fingerprint density at radius 1 is 1.26 bits per heavy atom. The molecule has 0 amide bonds. The van der Waals surface area contributed by atoms with Gasteiger partial charge >= 0.3 is 5.69 Å². The molecule has 1 saturated heterocycles. The summed E-state index contributed by atoms with van der Waals surface area (Å²) in [5.41, 5.74) is 9.54. The minimum atomic E-state index is -0.510. The number of fused-ring (bicyclic) bond motifs is 1. The second-order valence-electron chi connectivity index (χ2n) is 11.5. The summed E-state index contributed by atoms with van der Waals surface area (Å²) in [5.74, 6) is -0.0177. The lowest BCUT2D eigenvalue weighted by molar-refractivity contribution is 0.312. The highest BCUT2D eigenvalue weighted by atomic mass is 35.5. The maximum atomic E-state index is 15.1. The number of H-pyrrole nitrogens is 1. The lowest BCUT2D eigenvalue weighted by Gasteiger charge is -2.31. The molecule has 42 heavy (non-hydrogen) atoms. The van der Waals surface area contributed by atoms with Crippen molar-refractivity contribution in [3.63, 3.8) is 0 Å². The van der Waals surface area contributed by atoms with Crippen molar-refractivity contribution in [2.45, 2.75) is 76.9 Å². The Labute approximate surface area is 250 Å². The second kappa shape index (κ2) is 13.2. The smallest absolute Gasteiger partial charge is 0.354 e. The lowest BCUT2D eigenvalue weighted by atomic mass is 9.92. The predicted octanol–water partition coefficient (Wildman–Crippen LogP) is 6.00. The minimum Gasteiger partial charge on any atom is -0.374 e. The van der Waals surface area contributed by atoms with E-state index in [1.807, 2.05) is 19.1 Å². The van der Waals surface area contributed by atoms with Gasteiger partial charge in [-0.05, 0) is 93.8 Å². The first-order valence-corrected chi connectivity index (χ1v) is 15.1. The number of nitrogens with two attached hydrogens (primary N) is 1. The van der Waals surface area contributed by atoms with Crippen LogP contribution in [-0.2, 0) is 6.42 Å². The van der Waals surface area contributed by atoms with Gasteiger partial charge in [0.05, 0.1) is 22.2 Å². The number of rotatable bonds is 10. The van der Waals surface area contributed by atoms with Gasteiger partial charge in [-0.25, -0.2) is 9.18 Å². The van der Waals surface area contributed by atoms with Crippen molar-refractivity contribution in [1.29, 1.82) is 5.41 Å². The molecule has 2 unspecified atom stereocenters. The van der Waals surface area contributed by atoms with Crippen LogP contribution in [-0.4, -0.2) is 39.0 Å². The van der Waals surface area contributed by atoms with E-state index >= 15 is 4.39 Å². The number of nitrogens with one attached hydrogen (secondary N) is 4. The standard InChI is InChI=1S/C32H39ClFN7O/c1-19(35)5-3-6-21-15-26(30(34)27(33)16-21)29-17-23-18-41(32(42)40-31(23)39-29)25-11-9-22(10-12-25)28-8-4-7-24(38-28)13-14-37-20(2)36/h9-12,15-19,24,28,38H,3-8,13-14,35H2,1-2H3,(H2,36,37)(H,39,40,42)/t19-,24?,28?/m0/s1. The molecule has 1 fully saturated rings. The molecule has 1 aliphatic heterocycles. The van der Waals surface area contributed by atoms with E-state index in [1.54, 1.807) is 31.3 Å². The van der Waals surface area contributed by atoms with Gasteiger partial charge in [0.15, 0.2) is 5.82 Å². The third-order valence-electron chi connectivity index (χ3n) is 7.95. The summed E-state index contributed by atoms with van der Waals surface area (Å²) in [6.45, 7) is 4.52. The van der Waals surface area contributed by atoms with E-state index < -0.39 is 11.5 Å². The van der Waals surface area contributed by atoms with Crippen LogP contribution in [0.15, 0.2) is 53.5 Å². The molecule has 3 atom stereocenters. The molecular weight excluding hydrogens is 553 g/mol. The van der Waals surface area contributed by atoms with E-state index in [0.717, 1.165) is 57.1 Å². The molecule has 222 valence electrons. The molecule has 6 N–H and O–H groups in total. The van der Waals surface area contributed by atoms with Gasteiger partial charge in [-0.3, -0.25) is 9.98 Å². The van der Waals surface area contributed by atoms with Crippen LogP contribution in [0, 0.1) is 11.2 Å². The highest BCUT2D eigenvalue weighted by Gasteiger charge is 2.22. The SMILES string of the molecule is CC(=N)NCCC1CCCC(c2ccc(-n3cc4cc(-c5cc(CCC[C@H](C)N)cc(Cl)c5F)[nH]c4nc3=O)cc2)N1. The number of hydrogen-bond acceptors (Lipinski definition) is 5.